The smallest absolute Gasteiger partial charge is 0.159 e. The van der Waals surface area contributed by atoms with Crippen LogP contribution in [0.25, 0.3) is 0 Å². The van der Waals surface area contributed by atoms with Crippen LogP contribution in [-0.4, -0.2) is 17.5 Å². The van der Waals surface area contributed by atoms with Crippen molar-refractivity contribution in [3.05, 3.63) is 65.2 Å². The predicted octanol–water partition coefficient (Wildman–Crippen LogP) is 3.31. The fraction of sp³-hybridized carbons (Fsp3) is 0.235. The van der Waals surface area contributed by atoms with Crippen LogP contribution in [0, 0.1) is 6.92 Å². The maximum Gasteiger partial charge on any atom is 0.159 e. The van der Waals surface area contributed by atoms with Gasteiger partial charge in [0.05, 0.1) is 0 Å². The Bertz CT molecular complexity index is 587. The predicted molar refractivity (Wildman–Crippen MR) is 78.1 cm³/mol. The van der Waals surface area contributed by atoms with Crippen molar-refractivity contribution >= 4 is 5.78 Å². The minimum absolute atomic E-state index is 0.00506. The number of aliphatic hydroxyl groups is 1. The van der Waals surface area contributed by atoms with Crippen molar-refractivity contribution in [3.8, 4) is 5.75 Å². The Balaban J connectivity index is 1.99. The maximum atomic E-state index is 11.3. The minimum Gasteiger partial charge on any atom is -0.491 e. The molecule has 0 bridgehead atoms. The molecule has 104 valence electrons. The summed E-state index contributed by atoms with van der Waals surface area (Å²) in [6.45, 7) is 3.67. The van der Waals surface area contributed by atoms with Gasteiger partial charge in [-0.15, -0.1) is 0 Å². The van der Waals surface area contributed by atoms with Gasteiger partial charge in [0.15, 0.2) is 5.78 Å². The Kier molecular flexibility index (Phi) is 4.53. The lowest BCUT2D eigenvalue weighted by Crippen LogP contribution is -2.09. The number of aryl methyl sites for hydroxylation is 1. The van der Waals surface area contributed by atoms with E-state index in [0.717, 1.165) is 11.1 Å². The van der Waals surface area contributed by atoms with Gasteiger partial charge in [-0.2, -0.15) is 0 Å². The molecule has 0 aromatic heterocycles. The van der Waals surface area contributed by atoms with Crippen molar-refractivity contribution in [2.45, 2.75) is 20.0 Å². The Morgan fingerprint density at radius 2 is 1.90 bits per heavy atom. The number of hydrogen-bond donors (Lipinski definition) is 1. The monoisotopic (exact) mass is 270 g/mol. The minimum atomic E-state index is -0.684. The molecule has 0 heterocycles. The average molecular weight is 270 g/mol. The number of ketones is 1. The lowest BCUT2D eigenvalue weighted by molar-refractivity contribution is 0.101. The second-order valence-electron chi connectivity index (χ2n) is 4.82. The molecule has 2 aromatic rings. The fourth-order valence-corrected chi connectivity index (χ4v) is 1.86. The molecule has 0 radical (unpaired) electrons. The third-order valence-electron chi connectivity index (χ3n) is 3.11. The number of carbonyl (C=O) groups excluding carboxylic acids is 1. The van der Waals surface area contributed by atoms with E-state index in [2.05, 4.69) is 0 Å². The topological polar surface area (TPSA) is 46.5 Å². The number of benzene rings is 2. The maximum absolute atomic E-state index is 11.3. The summed E-state index contributed by atoms with van der Waals surface area (Å²) in [4.78, 5) is 11.3. The Morgan fingerprint density at radius 1 is 1.20 bits per heavy atom. The van der Waals surface area contributed by atoms with E-state index in [1.807, 2.05) is 31.2 Å². The van der Waals surface area contributed by atoms with Crippen LogP contribution in [-0.2, 0) is 0 Å². The molecule has 0 amide bonds. The van der Waals surface area contributed by atoms with Crippen LogP contribution in [0.1, 0.15) is 34.5 Å². The number of ether oxygens (including phenoxy) is 1. The van der Waals surface area contributed by atoms with E-state index in [1.165, 1.54) is 6.92 Å². The molecule has 3 heteroatoms. The quantitative estimate of drug-likeness (QED) is 0.848. The summed E-state index contributed by atoms with van der Waals surface area (Å²) in [7, 11) is 0. The largest absolute Gasteiger partial charge is 0.491 e. The second-order valence-corrected chi connectivity index (χ2v) is 4.82. The van der Waals surface area contributed by atoms with Crippen molar-refractivity contribution in [2.75, 3.05) is 6.61 Å². The molecular weight excluding hydrogens is 252 g/mol. The first kappa shape index (κ1) is 14.3. The standard InChI is InChI=1S/C17H18O3/c1-12-6-8-14(9-7-12)17(19)11-20-16-5-3-4-15(10-16)13(2)18/h3-10,17,19H,11H2,1-2H3. The van der Waals surface area contributed by atoms with Gasteiger partial charge in [0.25, 0.3) is 0 Å². The van der Waals surface area contributed by atoms with E-state index in [0.29, 0.717) is 11.3 Å². The first-order valence-corrected chi connectivity index (χ1v) is 6.54. The molecule has 2 aromatic carbocycles. The van der Waals surface area contributed by atoms with Crippen molar-refractivity contribution in [3.63, 3.8) is 0 Å². The summed E-state index contributed by atoms with van der Waals surface area (Å²) in [5.74, 6) is 0.582. The Hall–Kier alpha value is -2.13. The van der Waals surface area contributed by atoms with Crippen LogP contribution >= 0.6 is 0 Å². The fourth-order valence-electron chi connectivity index (χ4n) is 1.86. The molecule has 3 nitrogen and oxygen atoms in total. The van der Waals surface area contributed by atoms with E-state index < -0.39 is 6.10 Å². The number of hydrogen-bond acceptors (Lipinski definition) is 3. The first-order valence-electron chi connectivity index (χ1n) is 6.54. The normalized spacial score (nSPS) is 11.9. The first-order chi connectivity index (χ1) is 9.56. The van der Waals surface area contributed by atoms with Crippen molar-refractivity contribution in [1.82, 2.24) is 0 Å². The highest BCUT2D eigenvalue weighted by Crippen LogP contribution is 2.18. The van der Waals surface area contributed by atoms with Crippen molar-refractivity contribution in [1.29, 1.82) is 0 Å². The number of rotatable bonds is 5. The van der Waals surface area contributed by atoms with Crippen LogP contribution in [0.15, 0.2) is 48.5 Å². The molecule has 1 N–H and O–H groups in total. The van der Waals surface area contributed by atoms with Crippen molar-refractivity contribution in [2.24, 2.45) is 0 Å². The zero-order valence-electron chi connectivity index (χ0n) is 11.7. The van der Waals surface area contributed by atoms with Gasteiger partial charge in [-0.1, -0.05) is 42.0 Å². The zero-order valence-corrected chi connectivity index (χ0v) is 11.7. The number of carbonyl (C=O) groups is 1. The van der Waals surface area contributed by atoms with E-state index in [9.17, 15) is 9.90 Å². The van der Waals surface area contributed by atoms with Gasteiger partial charge in [-0.25, -0.2) is 0 Å². The average Bonchev–Trinajstić information content (AvgIpc) is 2.46. The van der Waals surface area contributed by atoms with E-state index in [1.54, 1.807) is 24.3 Å². The molecule has 0 saturated carbocycles. The molecule has 20 heavy (non-hydrogen) atoms. The third kappa shape index (κ3) is 3.68. The summed E-state index contributed by atoms with van der Waals surface area (Å²) in [5, 5.41) is 10.1. The van der Waals surface area contributed by atoms with Gasteiger partial charge >= 0.3 is 0 Å². The molecular formula is C17H18O3. The van der Waals surface area contributed by atoms with Crippen LogP contribution in [0.4, 0.5) is 0 Å². The molecule has 1 atom stereocenters. The Labute approximate surface area is 118 Å². The van der Waals surface area contributed by atoms with Crippen LogP contribution in [0.5, 0.6) is 5.75 Å². The van der Waals surface area contributed by atoms with Gasteiger partial charge in [-0.05, 0) is 31.5 Å². The van der Waals surface area contributed by atoms with Crippen LogP contribution < -0.4 is 4.74 Å². The summed E-state index contributed by atoms with van der Waals surface area (Å²) in [6, 6.07) is 14.6. The highest BCUT2D eigenvalue weighted by atomic mass is 16.5. The van der Waals surface area contributed by atoms with Crippen LogP contribution in [0.3, 0.4) is 0 Å². The molecule has 0 aliphatic rings. The summed E-state index contributed by atoms with van der Waals surface area (Å²) >= 11 is 0. The SMILES string of the molecule is CC(=O)c1cccc(OCC(O)c2ccc(C)cc2)c1. The van der Waals surface area contributed by atoms with E-state index in [4.69, 9.17) is 4.74 Å². The highest BCUT2D eigenvalue weighted by Gasteiger charge is 2.09. The lowest BCUT2D eigenvalue weighted by atomic mass is 10.1. The molecule has 2 rings (SSSR count). The molecule has 0 aliphatic carbocycles. The number of Topliss-reactive ketones (excluding diaryl/α,β-unsaturated/α-hetero) is 1. The second kappa shape index (κ2) is 6.35. The summed E-state index contributed by atoms with van der Waals surface area (Å²) < 4.78 is 5.54. The highest BCUT2D eigenvalue weighted by molar-refractivity contribution is 5.94. The van der Waals surface area contributed by atoms with E-state index in [-0.39, 0.29) is 12.4 Å². The molecule has 0 saturated heterocycles. The zero-order chi connectivity index (χ0) is 14.5. The lowest BCUT2D eigenvalue weighted by Gasteiger charge is -2.13. The molecule has 0 aliphatic heterocycles. The van der Waals surface area contributed by atoms with Crippen LogP contribution in [0.2, 0.25) is 0 Å². The van der Waals surface area contributed by atoms with Gasteiger partial charge in [0, 0.05) is 5.56 Å². The summed E-state index contributed by atoms with van der Waals surface area (Å²) in [6.07, 6.45) is -0.684. The molecule has 1 unspecified atom stereocenters. The third-order valence-corrected chi connectivity index (χ3v) is 3.11. The summed E-state index contributed by atoms with van der Waals surface area (Å²) in [5.41, 5.74) is 2.57. The van der Waals surface area contributed by atoms with Gasteiger partial charge in [0.2, 0.25) is 0 Å². The number of aliphatic hydroxyl groups excluding tert-OH is 1. The van der Waals surface area contributed by atoms with Gasteiger partial charge in [-0.3, -0.25) is 4.79 Å². The molecule has 0 spiro atoms. The van der Waals surface area contributed by atoms with E-state index >= 15 is 0 Å². The van der Waals surface area contributed by atoms with Gasteiger partial charge < -0.3 is 9.84 Å². The molecule has 0 fully saturated rings. The van der Waals surface area contributed by atoms with Crippen molar-refractivity contribution < 1.29 is 14.6 Å². The van der Waals surface area contributed by atoms with Gasteiger partial charge in [0.1, 0.15) is 18.5 Å². The Morgan fingerprint density at radius 3 is 2.55 bits per heavy atom.